The third kappa shape index (κ3) is 6.58. The van der Waals surface area contributed by atoms with Gasteiger partial charge < -0.3 is 21.3 Å². The topological polar surface area (TPSA) is 48.1 Å². The van der Waals surface area contributed by atoms with Crippen LogP contribution in [0.3, 0.4) is 0 Å². The monoisotopic (exact) mass is 526 g/mol. The van der Waals surface area contributed by atoms with Crippen molar-refractivity contribution in [1.82, 2.24) is 0 Å². The Balaban J connectivity index is 1.35. The Bertz CT molecular complexity index is 1370. The maximum absolute atomic E-state index is 3.72. The van der Waals surface area contributed by atoms with Crippen molar-refractivity contribution in [3.05, 3.63) is 121 Å². The van der Waals surface area contributed by atoms with E-state index in [1.165, 1.54) is 48.2 Å². The molecule has 2 aliphatic carbocycles. The van der Waals surface area contributed by atoms with E-state index in [0.29, 0.717) is 0 Å². The van der Waals surface area contributed by atoms with Gasteiger partial charge in [-0.1, -0.05) is 60.7 Å². The molecule has 0 saturated heterocycles. The van der Waals surface area contributed by atoms with Crippen LogP contribution in [-0.2, 0) is 0 Å². The summed E-state index contributed by atoms with van der Waals surface area (Å²) in [6.45, 7) is 0. The number of benzene rings is 4. The molecule has 4 aromatic carbocycles. The fourth-order valence-corrected chi connectivity index (χ4v) is 5.48. The van der Waals surface area contributed by atoms with E-state index < -0.39 is 0 Å². The van der Waals surface area contributed by atoms with Crippen molar-refractivity contribution < 1.29 is 0 Å². The molecule has 0 fully saturated rings. The Morgan fingerprint density at radius 1 is 0.400 bits per heavy atom. The average molecular weight is 527 g/mol. The van der Waals surface area contributed by atoms with Gasteiger partial charge in [-0.3, -0.25) is 0 Å². The van der Waals surface area contributed by atoms with Gasteiger partial charge in [0.25, 0.3) is 0 Å². The molecule has 2 aliphatic rings. The second-order valence-corrected chi connectivity index (χ2v) is 10.7. The quantitative estimate of drug-likeness (QED) is 0.175. The van der Waals surface area contributed by atoms with Crippen LogP contribution in [0.5, 0.6) is 0 Å². The van der Waals surface area contributed by atoms with Gasteiger partial charge >= 0.3 is 0 Å². The lowest BCUT2D eigenvalue weighted by atomic mass is 10.0. The standard InChI is InChI=1S/C36H38N4/c1-5-13-29(14-6-1)37-33-23-21-27(25-35(33)39-31-17-9-3-10-18-31)28-22-24-34(38-30-15-7-2-8-16-30)36(26-28)40-32-19-11-4-12-20-32/h3-4,9-13,15,17-26,37-40H,1-2,5-8,14,16H2. The molecular weight excluding hydrogens is 488 g/mol. The van der Waals surface area contributed by atoms with Crippen molar-refractivity contribution in [1.29, 1.82) is 0 Å². The lowest BCUT2D eigenvalue weighted by Gasteiger charge is -2.21. The largest absolute Gasteiger partial charge is 0.358 e. The Kier molecular flexibility index (Phi) is 8.14. The predicted octanol–water partition coefficient (Wildman–Crippen LogP) is 10.6. The van der Waals surface area contributed by atoms with Gasteiger partial charge in [-0.15, -0.1) is 0 Å². The minimum Gasteiger partial charge on any atom is -0.358 e. The fourth-order valence-electron chi connectivity index (χ4n) is 5.48. The first-order valence-corrected chi connectivity index (χ1v) is 14.6. The van der Waals surface area contributed by atoms with Crippen LogP contribution >= 0.6 is 0 Å². The van der Waals surface area contributed by atoms with E-state index in [1.54, 1.807) is 0 Å². The molecule has 0 aliphatic heterocycles. The predicted molar refractivity (Wildman–Crippen MR) is 172 cm³/mol. The molecule has 0 atom stereocenters. The summed E-state index contributed by atoms with van der Waals surface area (Å²) in [6.07, 6.45) is 14.2. The van der Waals surface area contributed by atoms with E-state index in [2.05, 4.69) is 118 Å². The number of anilines is 6. The summed E-state index contributed by atoms with van der Waals surface area (Å²) in [5, 5.41) is 14.8. The van der Waals surface area contributed by atoms with Gasteiger partial charge in [-0.05, 0) is 111 Å². The third-order valence-corrected chi connectivity index (χ3v) is 7.65. The van der Waals surface area contributed by atoms with E-state index in [1.807, 2.05) is 12.1 Å². The lowest BCUT2D eigenvalue weighted by Crippen LogP contribution is -2.06. The van der Waals surface area contributed by atoms with E-state index >= 15 is 0 Å². The van der Waals surface area contributed by atoms with E-state index in [-0.39, 0.29) is 0 Å². The number of para-hydroxylation sites is 2. The summed E-state index contributed by atoms with van der Waals surface area (Å²) in [4.78, 5) is 0. The van der Waals surface area contributed by atoms with E-state index in [4.69, 9.17) is 0 Å². The van der Waals surface area contributed by atoms with Crippen LogP contribution in [0, 0.1) is 0 Å². The summed E-state index contributed by atoms with van der Waals surface area (Å²) >= 11 is 0. The normalized spacial score (nSPS) is 15.0. The van der Waals surface area contributed by atoms with Gasteiger partial charge in [-0.2, -0.15) is 0 Å². The highest BCUT2D eigenvalue weighted by Gasteiger charge is 2.13. The van der Waals surface area contributed by atoms with E-state index in [0.717, 1.165) is 59.8 Å². The van der Waals surface area contributed by atoms with Crippen LogP contribution in [0.4, 0.5) is 34.1 Å². The van der Waals surface area contributed by atoms with Gasteiger partial charge in [-0.25, -0.2) is 0 Å². The van der Waals surface area contributed by atoms with Crippen molar-refractivity contribution in [2.24, 2.45) is 0 Å². The van der Waals surface area contributed by atoms with Crippen molar-refractivity contribution >= 4 is 34.1 Å². The Morgan fingerprint density at radius 2 is 0.850 bits per heavy atom. The number of nitrogens with one attached hydrogen (secondary N) is 4. The zero-order chi connectivity index (χ0) is 27.0. The highest BCUT2D eigenvalue weighted by molar-refractivity contribution is 5.85. The maximum Gasteiger partial charge on any atom is 0.0629 e. The van der Waals surface area contributed by atoms with Crippen LogP contribution in [0.25, 0.3) is 11.1 Å². The molecule has 4 heteroatoms. The molecule has 0 spiro atoms. The molecular formula is C36H38N4. The van der Waals surface area contributed by atoms with Gasteiger partial charge in [0.15, 0.2) is 0 Å². The second kappa shape index (κ2) is 12.6. The molecule has 4 aromatic rings. The Labute approximate surface area is 238 Å². The fraction of sp³-hybridized carbons (Fsp3) is 0.222. The van der Waals surface area contributed by atoms with E-state index in [9.17, 15) is 0 Å². The Hall–Kier alpha value is -4.44. The number of rotatable bonds is 9. The molecule has 40 heavy (non-hydrogen) atoms. The third-order valence-electron chi connectivity index (χ3n) is 7.65. The first-order chi connectivity index (χ1) is 19.8. The van der Waals surface area contributed by atoms with Gasteiger partial charge in [0, 0.05) is 22.8 Å². The van der Waals surface area contributed by atoms with Crippen molar-refractivity contribution in [2.45, 2.75) is 51.4 Å². The van der Waals surface area contributed by atoms with Crippen LogP contribution in [0.15, 0.2) is 121 Å². The highest BCUT2D eigenvalue weighted by Crippen LogP contribution is 2.37. The van der Waals surface area contributed by atoms with Gasteiger partial charge in [0.2, 0.25) is 0 Å². The SMILES string of the molecule is C1=C(Nc2ccc(-c3ccc(NC4=CCCCC4)c(Nc4ccccc4)c3)cc2Nc2ccccc2)CCCC1. The summed E-state index contributed by atoms with van der Waals surface area (Å²) in [7, 11) is 0. The number of hydrogen-bond acceptors (Lipinski definition) is 4. The summed E-state index contributed by atoms with van der Waals surface area (Å²) < 4.78 is 0. The van der Waals surface area contributed by atoms with Crippen molar-refractivity contribution in [3.8, 4) is 11.1 Å². The van der Waals surface area contributed by atoms with Crippen molar-refractivity contribution in [3.63, 3.8) is 0 Å². The highest BCUT2D eigenvalue weighted by atomic mass is 15.0. The second-order valence-electron chi connectivity index (χ2n) is 10.7. The molecule has 202 valence electrons. The number of allylic oxidation sites excluding steroid dienone is 4. The molecule has 0 amide bonds. The molecule has 6 rings (SSSR count). The van der Waals surface area contributed by atoms with Crippen LogP contribution < -0.4 is 21.3 Å². The minimum absolute atomic E-state index is 1.07. The maximum atomic E-state index is 3.72. The first kappa shape index (κ1) is 25.8. The molecule has 0 heterocycles. The molecule has 0 saturated carbocycles. The summed E-state index contributed by atoms with van der Waals surface area (Å²) in [6, 6.07) is 34.2. The molecule has 4 nitrogen and oxygen atoms in total. The van der Waals surface area contributed by atoms with Gasteiger partial charge in [0.1, 0.15) is 0 Å². The average Bonchev–Trinajstić information content (AvgIpc) is 3.01. The molecule has 0 radical (unpaired) electrons. The molecule has 0 aromatic heterocycles. The minimum atomic E-state index is 1.07. The van der Waals surface area contributed by atoms with Crippen LogP contribution in [0.1, 0.15) is 51.4 Å². The molecule has 0 unspecified atom stereocenters. The first-order valence-electron chi connectivity index (χ1n) is 14.6. The number of hydrogen-bond donors (Lipinski definition) is 4. The zero-order valence-electron chi connectivity index (χ0n) is 23.0. The van der Waals surface area contributed by atoms with Crippen LogP contribution in [-0.4, -0.2) is 0 Å². The Morgan fingerprint density at radius 3 is 1.25 bits per heavy atom. The molecule has 0 bridgehead atoms. The van der Waals surface area contributed by atoms with Crippen LogP contribution in [0.2, 0.25) is 0 Å². The smallest absolute Gasteiger partial charge is 0.0629 e. The zero-order valence-corrected chi connectivity index (χ0v) is 23.0. The lowest BCUT2D eigenvalue weighted by molar-refractivity contribution is 0.704. The van der Waals surface area contributed by atoms with Gasteiger partial charge in [0.05, 0.1) is 22.7 Å². The van der Waals surface area contributed by atoms with Crippen molar-refractivity contribution in [2.75, 3.05) is 21.3 Å². The molecule has 4 N–H and O–H groups in total. The summed E-state index contributed by atoms with van der Waals surface area (Å²) in [5.74, 6) is 0. The summed E-state index contributed by atoms with van der Waals surface area (Å²) in [5.41, 5.74) is 11.5.